The predicted octanol–water partition coefficient (Wildman–Crippen LogP) is 4.11. The third kappa shape index (κ3) is 2.77. The summed E-state index contributed by atoms with van der Waals surface area (Å²) in [6.07, 6.45) is -1.06. The number of ketones is 1. The van der Waals surface area contributed by atoms with E-state index in [1.807, 2.05) is 0 Å². The maximum absolute atomic E-state index is 13.4. The Morgan fingerprint density at radius 1 is 1.05 bits per heavy atom. The highest BCUT2D eigenvalue weighted by Gasteiger charge is 2.38. The second-order valence-corrected chi connectivity index (χ2v) is 4.72. The summed E-state index contributed by atoms with van der Waals surface area (Å²) in [4.78, 5) is 11.9. The van der Waals surface area contributed by atoms with Crippen LogP contribution in [0.5, 0.6) is 0 Å². The second kappa shape index (κ2) is 4.90. The van der Waals surface area contributed by atoms with E-state index in [-0.39, 0.29) is 12.8 Å². The summed E-state index contributed by atoms with van der Waals surface area (Å²) in [5.41, 5.74) is -0.575. The van der Waals surface area contributed by atoms with E-state index < -0.39 is 53.5 Å². The molecular weight excluding hydrogens is 267 g/mol. The van der Waals surface area contributed by atoms with Gasteiger partial charge in [0, 0.05) is 18.8 Å². The van der Waals surface area contributed by atoms with Crippen molar-refractivity contribution in [3.63, 3.8) is 0 Å². The van der Waals surface area contributed by atoms with Gasteiger partial charge in [-0.1, -0.05) is 0 Å². The highest BCUT2D eigenvalue weighted by atomic mass is 19.3. The topological polar surface area (TPSA) is 17.1 Å². The Bertz CT molecular complexity index is 502. The molecule has 1 saturated carbocycles. The molecule has 1 aromatic carbocycles. The fourth-order valence-corrected chi connectivity index (χ4v) is 2.24. The number of hydrogen-bond acceptors (Lipinski definition) is 1. The highest BCUT2D eigenvalue weighted by Crippen LogP contribution is 2.37. The van der Waals surface area contributed by atoms with Gasteiger partial charge in [0.1, 0.15) is 0 Å². The van der Waals surface area contributed by atoms with E-state index in [4.69, 9.17) is 0 Å². The number of rotatable bonds is 2. The van der Waals surface area contributed by atoms with Crippen molar-refractivity contribution in [3.8, 4) is 0 Å². The molecule has 2 rings (SSSR count). The molecule has 1 aliphatic rings. The Labute approximate surface area is 106 Å². The molecule has 0 saturated heterocycles. The SMILES string of the molecule is O=C(c1ccc(F)c(F)c1F)C1CCC(F)(F)CC1. The van der Waals surface area contributed by atoms with Crippen LogP contribution in [0.1, 0.15) is 36.0 Å². The summed E-state index contributed by atoms with van der Waals surface area (Å²) < 4.78 is 65.1. The first kappa shape index (κ1) is 14.0. The van der Waals surface area contributed by atoms with Crippen LogP contribution in [0.25, 0.3) is 0 Å². The molecule has 0 spiro atoms. The van der Waals surface area contributed by atoms with E-state index in [0.717, 1.165) is 6.07 Å². The van der Waals surface area contributed by atoms with Crippen LogP contribution in [-0.4, -0.2) is 11.7 Å². The molecule has 1 aliphatic carbocycles. The van der Waals surface area contributed by atoms with Crippen molar-refractivity contribution in [1.29, 1.82) is 0 Å². The zero-order valence-electron chi connectivity index (χ0n) is 9.86. The third-order valence-corrected chi connectivity index (χ3v) is 3.39. The van der Waals surface area contributed by atoms with E-state index in [1.54, 1.807) is 0 Å². The van der Waals surface area contributed by atoms with Gasteiger partial charge in [0.15, 0.2) is 23.2 Å². The van der Waals surface area contributed by atoms with Crippen molar-refractivity contribution in [2.75, 3.05) is 0 Å². The van der Waals surface area contributed by atoms with Crippen LogP contribution in [-0.2, 0) is 0 Å². The molecule has 104 valence electrons. The lowest BCUT2D eigenvalue weighted by molar-refractivity contribution is -0.0424. The minimum Gasteiger partial charge on any atom is -0.294 e. The Kier molecular flexibility index (Phi) is 3.60. The zero-order valence-corrected chi connectivity index (χ0v) is 9.86. The molecule has 0 aliphatic heterocycles. The minimum absolute atomic E-state index is 0.0791. The molecule has 0 aromatic heterocycles. The number of Topliss-reactive ketones (excluding diaryl/α,β-unsaturated/α-hetero) is 1. The Morgan fingerprint density at radius 3 is 2.21 bits per heavy atom. The average Bonchev–Trinajstić information content (AvgIpc) is 2.35. The van der Waals surface area contributed by atoms with Crippen LogP contribution in [0.3, 0.4) is 0 Å². The molecule has 0 unspecified atom stereocenters. The van der Waals surface area contributed by atoms with E-state index in [9.17, 15) is 26.7 Å². The van der Waals surface area contributed by atoms with Crippen molar-refractivity contribution in [1.82, 2.24) is 0 Å². The molecule has 6 heteroatoms. The molecule has 1 fully saturated rings. The molecule has 19 heavy (non-hydrogen) atoms. The van der Waals surface area contributed by atoms with Gasteiger partial charge in [-0.3, -0.25) is 4.79 Å². The van der Waals surface area contributed by atoms with Gasteiger partial charge >= 0.3 is 0 Å². The quantitative estimate of drug-likeness (QED) is 0.452. The van der Waals surface area contributed by atoms with Gasteiger partial charge in [0.05, 0.1) is 5.56 Å². The average molecular weight is 278 g/mol. The Balaban J connectivity index is 2.20. The van der Waals surface area contributed by atoms with Crippen LogP contribution in [0.15, 0.2) is 12.1 Å². The minimum atomic E-state index is -2.80. The van der Waals surface area contributed by atoms with Crippen LogP contribution >= 0.6 is 0 Å². The van der Waals surface area contributed by atoms with Crippen molar-refractivity contribution in [2.45, 2.75) is 31.6 Å². The molecular formula is C13H11F5O. The molecule has 0 atom stereocenters. The summed E-state index contributed by atoms with van der Waals surface area (Å²) in [6, 6.07) is 1.51. The standard InChI is InChI=1S/C13H11F5O/c14-9-2-1-8(10(15)11(9)16)12(19)7-3-5-13(17,18)6-4-7/h1-2,7H,3-6H2. The van der Waals surface area contributed by atoms with E-state index in [1.165, 1.54) is 0 Å². The zero-order chi connectivity index (χ0) is 14.2. The first-order valence-electron chi connectivity index (χ1n) is 5.87. The molecule has 0 bridgehead atoms. The lowest BCUT2D eigenvalue weighted by Crippen LogP contribution is -2.29. The molecule has 1 aromatic rings. The van der Waals surface area contributed by atoms with Gasteiger partial charge in [0.2, 0.25) is 5.92 Å². The lowest BCUT2D eigenvalue weighted by Gasteiger charge is -2.27. The van der Waals surface area contributed by atoms with Gasteiger partial charge in [-0.15, -0.1) is 0 Å². The maximum Gasteiger partial charge on any atom is 0.248 e. The summed E-state index contributed by atoms with van der Waals surface area (Å²) in [6.45, 7) is 0. The smallest absolute Gasteiger partial charge is 0.248 e. The second-order valence-electron chi connectivity index (χ2n) is 4.72. The molecule has 0 radical (unpaired) electrons. The fraction of sp³-hybridized carbons (Fsp3) is 0.462. The van der Waals surface area contributed by atoms with E-state index in [2.05, 4.69) is 0 Å². The normalized spacial score (nSPS) is 19.4. The number of carbonyl (C=O) groups excluding carboxylic acids is 1. The van der Waals surface area contributed by atoms with Gasteiger partial charge in [-0.25, -0.2) is 22.0 Å². The predicted molar refractivity (Wildman–Crippen MR) is 57.6 cm³/mol. The maximum atomic E-state index is 13.4. The number of alkyl halides is 2. The lowest BCUT2D eigenvalue weighted by atomic mass is 9.82. The van der Waals surface area contributed by atoms with Crippen molar-refractivity contribution >= 4 is 5.78 Å². The molecule has 0 N–H and O–H groups in total. The Hall–Kier alpha value is -1.46. The third-order valence-electron chi connectivity index (χ3n) is 3.39. The number of hydrogen-bond donors (Lipinski definition) is 0. The van der Waals surface area contributed by atoms with Gasteiger partial charge in [-0.05, 0) is 25.0 Å². The monoisotopic (exact) mass is 278 g/mol. The largest absolute Gasteiger partial charge is 0.294 e. The first-order valence-corrected chi connectivity index (χ1v) is 5.87. The van der Waals surface area contributed by atoms with Gasteiger partial charge in [-0.2, -0.15) is 0 Å². The van der Waals surface area contributed by atoms with E-state index >= 15 is 0 Å². The molecule has 1 nitrogen and oxygen atoms in total. The number of carbonyl (C=O) groups is 1. The van der Waals surface area contributed by atoms with Crippen molar-refractivity contribution in [3.05, 3.63) is 35.1 Å². The van der Waals surface area contributed by atoms with Crippen molar-refractivity contribution < 1.29 is 26.7 Å². The summed E-state index contributed by atoms with van der Waals surface area (Å²) in [5, 5.41) is 0. The highest BCUT2D eigenvalue weighted by molar-refractivity contribution is 5.98. The molecule has 0 heterocycles. The van der Waals surface area contributed by atoms with E-state index in [0.29, 0.717) is 6.07 Å². The fourth-order valence-electron chi connectivity index (χ4n) is 2.24. The van der Waals surface area contributed by atoms with Crippen LogP contribution in [0.4, 0.5) is 22.0 Å². The van der Waals surface area contributed by atoms with Gasteiger partial charge in [0.25, 0.3) is 0 Å². The Morgan fingerprint density at radius 2 is 1.63 bits per heavy atom. The van der Waals surface area contributed by atoms with Crippen LogP contribution in [0.2, 0.25) is 0 Å². The van der Waals surface area contributed by atoms with Gasteiger partial charge < -0.3 is 0 Å². The number of benzene rings is 1. The first-order chi connectivity index (χ1) is 8.82. The summed E-state index contributed by atoms with van der Waals surface area (Å²) in [5.74, 6) is -8.96. The van der Waals surface area contributed by atoms with Crippen molar-refractivity contribution in [2.24, 2.45) is 5.92 Å². The summed E-state index contributed by atoms with van der Waals surface area (Å²) in [7, 11) is 0. The van der Waals surface area contributed by atoms with Crippen LogP contribution in [0, 0.1) is 23.4 Å². The molecule has 0 amide bonds. The van der Waals surface area contributed by atoms with Crippen LogP contribution < -0.4 is 0 Å². The number of halogens is 5. The summed E-state index contributed by atoms with van der Waals surface area (Å²) >= 11 is 0.